The smallest absolute Gasteiger partial charge is 0.265 e. The molecule has 2 aromatic carbocycles. The number of thiophene rings is 1. The average molecular weight is 364 g/mol. The number of ether oxygens (including phenoxy) is 2. The Bertz CT molecular complexity index is 1070. The molecule has 0 radical (unpaired) electrons. The fourth-order valence-corrected chi connectivity index (χ4v) is 3.69. The van der Waals surface area contributed by atoms with Crippen molar-refractivity contribution < 1.29 is 14.3 Å². The number of carbonyl (C=O) groups is 1. The quantitative estimate of drug-likeness (QED) is 0.569. The van der Waals surface area contributed by atoms with Crippen LogP contribution in [0.2, 0.25) is 0 Å². The number of nitrogens with one attached hydrogen (secondary N) is 1. The van der Waals surface area contributed by atoms with Crippen LogP contribution in [0.15, 0.2) is 54.6 Å². The van der Waals surface area contributed by atoms with Crippen LogP contribution in [-0.2, 0) is 0 Å². The van der Waals surface area contributed by atoms with Crippen LogP contribution >= 0.6 is 11.3 Å². The van der Waals surface area contributed by atoms with Crippen molar-refractivity contribution in [1.29, 1.82) is 0 Å². The first kappa shape index (κ1) is 16.4. The molecule has 26 heavy (non-hydrogen) atoms. The molecule has 2 aromatic heterocycles. The summed E-state index contributed by atoms with van der Waals surface area (Å²) in [6.07, 6.45) is 0. The Morgan fingerprint density at radius 2 is 1.85 bits per heavy atom. The Hall–Kier alpha value is -3.12. The Labute approximate surface area is 154 Å². The molecule has 0 aliphatic heterocycles. The van der Waals surface area contributed by atoms with Gasteiger partial charge in [0.1, 0.15) is 16.3 Å². The van der Waals surface area contributed by atoms with Crippen LogP contribution in [0.3, 0.4) is 0 Å². The molecule has 4 rings (SSSR count). The third kappa shape index (κ3) is 2.95. The maximum Gasteiger partial charge on any atom is 0.265 e. The van der Waals surface area contributed by atoms with Crippen LogP contribution in [0.5, 0.6) is 11.5 Å². The molecular weight excluding hydrogens is 348 g/mol. The van der Waals surface area contributed by atoms with E-state index in [1.54, 1.807) is 32.4 Å². The number of hydrogen-bond donors (Lipinski definition) is 1. The largest absolute Gasteiger partial charge is 0.497 e. The molecule has 0 atom stereocenters. The van der Waals surface area contributed by atoms with Gasteiger partial charge in [-0.15, -0.1) is 11.3 Å². The molecule has 130 valence electrons. The molecule has 0 bridgehead atoms. The minimum absolute atomic E-state index is 0.194. The molecule has 1 N–H and O–H groups in total. The number of rotatable bonds is 4. The van der Waals surface area contributed by atoms with Crippen LogP contribution in [0.1, 0.15) is 9.67 Å². The zero-order chi connectivity index (χ0) is 18.1. The van der Waals surface area contributed by atoms with Crippen molar-refractivity contribution >= 4 is 44.1 Å². The van der Waals surface area contributed by atoms with E-state index in [1.165, 1.54) is 11.3 Å². The highest BCUT2D eigenvalue weighted by Crippen LogP contribution is 2.31. The summed E-state index contributed by atoms with van der Waals surface area (Å²) < 4.78 is 10.5. The first-order chi connectivity index (χ1) is 12.7. The summed E-state index contributed by atoms with van der Waals surface area (Å²) in [6, 6.07) is 17.1. The Morgan fingerprint density at radius 3 is 2.65 bits per heavy atom. The van der Waals surface area contributed by atoms with Crippen LogP contribution < -0.4 is 14.8 Å². The van der Waals surface area contributed by atoms with E-state index in [9.17, 15) is 4.79 Å². The minimum atomic E-state index is -0.194. The van der Waals surface area contributed by atoms with Crippen molar-refractivity contribution in [2.75, 3.05) is 19.5 Å². The van der Waals surface area contributed by atoms with Crippen LogP contribution in [-0.4, -0.2) is 25.1 Å². The Morgan fingerprint density at radius 1 is 1.00 bits per heavy atom. The summed E-state index contributed by atoms with van der Waals surface area (Å²) in [5.41, 5.74) is 1.51. The summed E-state index contributed by atoms with van der Waals surface area (Å²) in [4.78, 5) is 18.8. The highest BCUT2D eigenvalue weighted by Gasteiger charge is 2.14. The third-order valence-corrected chi connectivity index (χ3v) is 5.13. The molecule has 4 aromatic rings. The zero-order valence-electron chi connectivity index (χ0n) is 14.3. The summed E-state index contributed by atoms with van der Waals surface area (Å²) in [7, 11) is 3.14. The van der Waals surface area contributed by atoms with Gasteiger partial charge < -0.3 is 14.8 Å². The van der Waals surface area contributed by atoms with Gasteiger partial charge in [0.25, 0.3) is 5.91 Å². The van der Waals surface area contributed by atoms with Gasteiger partial charge in [0.05, 0.1) is 30.3 Å². The lowest BCUT2D eigenvalue weighted by Gasteiger charge is -2.10. The van der Waals surface area contributed by atoms with Gasteiger partial charge in [-0.25, -0.2) is 4.98 Å². The SMILES string of the molecule is COc1ccc(NC(=O)c2cc3cc4ccccc4nc3s2)c(OC)c1. The molecule has 0 fully saturated rings. The molecule has 0 spiro atoms. The van der Waals surface area contributed by atoms with Gasteiger partial charge >= 0.3 is 0 Å². The lowest BCUT2D eigenvalue weighted by Crippen LogP contribution is -2.11. The zero-order valence-corrected chi connectivity index (χ0v) is 15.1. The van der Waals surface area contributed by atoms with Gasteiger partial charge in [-0.2, -0.15) is 0 Å². The molecule has 2 heterocycles. The molecule has 1 amide bonds. The summed E-state index contributed by atoms with van der Waals surface area (Å²) in [5, 5.41) is 4.91. The fraction of sp³-hybridized carbons (Fsp3) is 0.100. The number of pyridine rings is 1. The molecule has 0 saturated carbocycles. The van der Waals surface area contributed by atoms with E-state index < -0.39 is 0 Å². The number of fused-ring (bicyclic) bond motifs is 2. The molecule has 0 saturated heterocycles. The highest BCUT2D eigenvalue weighted by atomic mass is 32.1. The van der Waals surface area contributed by atoms with Gasteiger partial charge in [-0.1, -0.05) is 18.2 Å². The number of aromatic nitrogens is 1. The van der Waals surface area contributed by atoms with Gasteiger partial charge in [0.15, 0.2) is 0 Å². The second-order valence-corrected chi connectivity index (χ2v) is 6.74. The first-order valence-corrected chi connectivity index (χ1v) is 8.82. The Kier molecular flexibility index (Phi) is 4.18. The first-order valence-electron chi connectivity index (χ1n) is 8.00. The standard InChI is InChI=1S/C20H16N2O3S/c1-24-14-7-8-16(17(11-14)25-2)21-19(23)18-10-13-9-12-5-3-4-6-15(12)22-20(13)26-18/h3-11H,1-2H3,(H,21,23). The lowest BCUT2D eigenvalue weighted by molar-refractivity contribution is 0.103. The molecule has 5 nitrogen and oxygen atoms in total. The second-order valence-electron chi connectivity index (χ2n) is 5.71. The monoisotopic (exact) mass is 364 g/mol. The number of benzene rings is 2. The topological polar surface area (TPSA) is 60.5 Å². The van der Waals surface area contributed by atoms with Gasteiger partial charge in [0.2, 0.25) is 0 Å². The van der Waals surface area contributed by atoms with E-state index in [2.05, 4.69) is 16.4 Å². The van der Waals surface area contributed by atoms with Gasteiger partial charge in [0, 0.05) is 16.8 Å². The average Bonchev–Trinajstić information content (AvgIpc) is 3.09. The van der Waals surface area contributed by atoms with Crippen molar-refractivity contribution in [3.05, 3.63) is 59.5 Å². The van der Waals surface area contributed by atoms with Gasteiger partial charge in [-0.3, -0.25) is 4.79 Å². The summed E-state index contributed by atoms with van der Waals surface area (Å²) in [6.45, 7) is 0. The van der Waals surface area contributed by atoms with Crippen molar-refractivity contribution in [2.24, 2.45) is 0 Å². The minimum Gasteiger partial charge on any atom is -0.497 e. The van der Waals surface area contributed by atoms with Crippen molar-refractivity contribution in [3.8, 4) is 11.5 Å². The maximum absolute atomic E-state index is 12.7. The predicted molar refractivity (Wildman–Crippen MR) is 105 cm³/mol. The normalized spacial score (nSPS) is 10.8. The maximum atomic E-state index is 12.7. The van der Waals surface area contributed by atoms with Gasteiger partial charge in [-0.05, 0) is 30.3 Å². The van der Waals surface area contributed by atoms with E-state index in [-0.39, 0.29) is 5.91 Å². The lowest BCUT2D eigenvalue weighted by atomic mass is 10.2. The van der Waals surface area contributed by atoms with E-state index in [0.717, 1.165) is 21.1 Å². The third-order valence-electron chi connectivity index (χ3n) is 4.09. The van der Waals surface area contributed by atoms with E-state index in [1.807, 2.05) is 30.3 Å². The molecule has 6 heteroatoms. The number of hydrogen-bond acceptors (Lipinski definition) is 5. The van der Waals surface area contributed by atoms with Crippen LogP contribution in [0, 0.1) is 0 Å². The summed E-state index contributed by atoms with van der Waals surface area (Å²) >= 11 is 1.37. The summed E-state index contributed by atoms with van der Waals surface area (Å²) in [5.74, 6) is 1.01. The number of amides is 1. The van der Waals surface area contributed by atoms with E-state index in [0.29, 0.717) is 22.1 Å². The van der Waals surface area contributed by atoms with E-state index in [4.69, 9.17) is 9.47 Å². The van der Waals surface area contributed by atoms with E-state index >= 15 is 0 Å². The second kappa shape index (κ2) is 6.65. The number of anilines is 1. The number of carbonyl (C=O) groups excluding carboxylic acids is 1. The molecule has 0 aliphatic rings. The highest BCUT2D eigenvalue weighted by molar-refractivity contribution is 7.20. The molecule has 0 unspecified atom stereocenters. The Balaban J connectivity index is 1.67. The van der Waals surface area contributed by atoms with Crippen LogP contribution in [0.4, 0.5) is 5.69 Å². The number of para-hydroxylation sites is 1. The van der Waals surface area contributed by atoms with Crippen molar-refractivity contribution in [3.63, 3.8) is 0 Å². The molecule has 0 aliphatic carbocycles. The molecular formula is C20H16N2O3S. The van der Waals surface area contributed by atoms with Crippen LogP contribution in [0.25, 0.3) is 21.1 Å². The fourth-order valence-electron chi connectivity index (χ4n) is 2.77. The number of methoxy groups -OCH3 is 2. The number of nitrogens with zero attached hydrogens (tertiary/aromatic N) is 1. The van der Waals surface area contributed by atoms with Crippen molar-refractivity contribution in [1.82, 2.24) is 4.98 Å². The van der Waals surface area contributed by atoms with Crippen molar-refractivity contribution in [2.45, 2.75) is 0 Å². The predicted octanol–water partition coefficient (Wildman–Crippen LogP) is 4.72.